The average molecular weight is 257 g/mol. The normalized spacial score (nSPS) is 10.2. The van der Waals surface area contributed by atoms with Crippen molar-refractivity contribution in [3.8, 4) is 0 Å². The zero-order chi connectivity index (χ0) is 10.8. The molecule has 5 heteroatoms. The van der Waals surface area contributed by atoms with Crippen molar-refractivity contribution in [3.05, 3.63) is 16.8 Å². The van der Waals surface area contributed by atoms with Crippen molar-refractivity contribution >= 4 is 27.4 Å². The molecule has 0 spiro atoms. The summed E-state index contributed by atoms with van der Waals surface area (Å²) in [7, 11) is 0. The number of fused-ring (bicyclic) bond motifs is 1. The average Bonchev–Trinajstić information content (AvgIpc) is 2.61. The Morgan fingerprint density at radius 1 is 1.31 bits per heavy atom. The minimum absolute atomic E-state index is 0. The van der Waals surface area contributed by atoms with E-state index < -0.39 is 0 Å². The molecule has 0 aliphatic heterocycles. The minimum atomic E-state index is 0. The summed E-state index contributed by atoms with van der Waals surface area (Å²) in [5, 5.41) is 4.44. The van der Waals surface area contributed by atoms with E-state index in [2.05, 4.69) is 35.2 Å². The van der Waals surface area contributed by atoms with Gasteiger partial charge in [-0.2, -0.15) is 0 Å². The van der Waals surface area contributed by atoms with Crippen molar-refractivity contribution in [1.29, 1.82) is 0 Å². The molecule has 0 atom stereocenters. The van der Waals surface area contributed by atoms with E-state index in [0.29, 0.717) is 0 Å². The number of thiophene rings is 1. The molecule has 3 nitrogen and oxygen atoms in total. The first-order valence-corrected chi connectivity index (χ1v) is 6.07. The largest absolute Gasteiger partial charge is 1.00 e. The number of nitrogens with one attached hydrogen (secondary N) is 1. The summed E-state index contributed by atoms with van der Waals surface area (Å²) >= 11 is 1.76. The molecule has 0 saturated heterocycles. The molecule has 0 unspecified atom stereocenters. The van der Waals surface area contributed by atoms with Crippen molar-refractivity contribution in [2.45, 2.75) is 27.2 Å². The molecular formula is C11H15ClN3S-. The SMILES string of the molecule is CCNc1nc(C)nc2sc(CC)cc12.[Cl-]. The third-order valence-corrected chi connectivity index (χ3v) is 3.42. The molecule has 16 heavy (non-hydrogen) atoms. The van der Waals surface area contributed by atoms with E-state index in [1.54, 1.807) is 11.3 Å². The van der Waals surface area contributed by atoms with Gasteiger partial charge in [0.1, 0.15) is 16.5 Å². The maximum atomic E-state index is 4.45. The summed E-state index contributed by atoms with van der Waals surface area (Å²) in [5.74, 6) is 1.80. The van der Waals surface area contributed by atoms with Crippen LogP contribution in [-0.2, 0) is 6.42 Å². The van der Waals surface area contributed by atoms with Crippen LogP contribution in [0.4, 0.5) is 5.82 Å². The van der Waals surface area contributed by atoms with Crippen LogP contribution in [0.3, 0.4) is 0 Å². The Morgan fingerprint density at radius 2 is 2.06 bits per heavy atom. The van der Waals surface area contributed by atoms with Gasteiger partial charge in [0, 0.05) is 11.4 Å². The van der Waals surface area contributed by atoms with Crippen LogP contribution < -0.4 is 17.7 Å². The summed E-state index contributed by atoms with van der Waals surface area (Å²) in [6.45, 7) is 7.07. The molecule has 0 fully saturated rings. The van der Waals surface area contributed by atoms with Gasteiger partial charge in [-0.15, -0.1) is 11.3 Å². The van der Waals surface area contributed by atoms with Crippen LogP contribution in [0.1, 0.15) is 24.5 Å². The molecule has 0 aromatic carbocycles. The lowest BCUT2D eigenvalue weighted by atomic mass is 10.3. The Bertz CT molecular complexity index is 481. The topological polar surface area (TPSA) is 37.8 Å². The Labute approximate surface area is 106 Å². The number of hydrogen-bond acceptors (Lipinski definition) is 4. The lowest BCUT2D eigenvalue weighted by Crippen LogP contribution is -3.00. The van der Waals surface area contributed by atoms with Crippen LogP contribution in [0.25, 0.3) is 10.2 Å². The number of halogens is 1. The van der Waals surface area contributed by atoms with E-state index in [1.165, 1.54) is 4.88 Å². The highest BCUT2D eigenvalue weighted by molar-refractivity contribution is 7.18. The van der Waals surface area contributed by atoms with E-state index in [-0.39, 0.29) is 12.4 Å². The lowest BCUT2D eigenvalue weighted by molar-refractivity contribution is -0.00000334. The molecule has 2 aromatic heterocycles. The van der Waals surface area contributed by atoms with E-state index in [9.17, 15) is 0 Å². The molecule has 2 heterocycles. The number of nitrogens with zero attached hydrogens (tertiary/aromatic N) is 2. The van der Waals surface area contributed by atoms with Crippen molar-refractivity contribution in [2.24, 2.45) is 0 Å². The van der Waals surface area contributed by atoms with Crippen molar-refractivity contribution < 1.29 is 12.4 Å². The summed E-state index contributed by atoms with van der Waals surface area (Å²) in [6.07, 6.45) is 1.06. The van der Waals surface area contributed by atoms with E-state index in [0.717, 1.165) is 34.8 Å². The van der Waals surface area contributed by atoms with Gasteiger partial charge in [0.25, 0.3) is 0 Å². The van der Waals surface area contributed by atoms with Gasteiger partial charge in [-0.25, -0.2) is 9.97 Å². The third-order valence-electron chi connectivity index (χ3n) is 2.25. The summed E-state index contributed by atoms with van der Waals surface area (Å²) in [5.41, 5.74) is 0. The standard InChI is InChI=1S/C11H15N3S.ClH/c1-4-8-6-9-10(12-5-2)13-7(3)14-11(9)15-8;/h6H,4-5H2,1-3H3,(H,12,13,14);1H/p-1. The Hall–Kier alpha value is -0.870. The van der Waals surface area contributed by atoms with Gasteiger partial charge >= 0.3 is 0 Å². The van der Waals surface area contributed by atoms with Crippen LogP contribution in [0.15, 0.2) is 6.07 Å². The lowest BCUT2D eigenvalue weighted by Gasteiger charge is -2.03. The van der Waals surface area contributed by atoms with Gasteiger partial charge in [-0.05, 0) is 26.3 Å². The summed E-state index contributed by atoms with van der Waals surface area (Å²) in [6, 6.07) is 2.19. The zero-order valence-electron chi connectivity index (χ0n) is 9.67. The molecule has 88 valence electrons. The second-order valence-corrected chi connectivity index (χ2v) is 4.55. The highest BCUT2D eigenvalue weighted by atomic mass is 35.5. The highest BCUT2D eigenvalue weighted by Gasteiger charge is 2.08. The Balaban J connectivity index is 0.00000128. The summed E-state index contributed by atoms with van der Waals surface area (Å²) in [4.78, 5) is 11.3. The molecule has 2 rings (SSSR count). The molecule has 0 aliphatic carbocycles. The molecule has 0 bridgehead atoms. The molecule has 0 aliphatic rings. The molecule has 0 amide bonds. The van der Waals surface area contributed by atoms with Crippen molar-refractivity contribution in [2.75, 3.05) is 11.9 Å². The predicted molar refractivity (Wildman–Crippen MR) is 65.7 cm³/mol. The smallest absolute Gasteiger partial charge is 0.138 e. The third kappa shape index (κ3) is 2.44. The number of aryl methyl sites for hydroxylation is 2. The number of aromatic nitrogens is 2. The van der Waals surface area contributed by atoms with E-state index in [1.807, 2.05) is 6.92 Å². The van der Waals surface area contributed by atoms with Gasteiger partial charge < -0.3 is 17.7 Å². The molecular weight excluding hydrogens is 242 g/mol. The predicted octanol–water partition coefficient (Wildman–Crippen LogP) is -0.00208. The van der Waals surface area contributed by atoms with Crippen LogP contribution >= 0.6 is 11.3 Å². The molecule has 1 N–H and O–H groups in total. The van der Waals surface area contributed by atoms with Crippen LogP contribution in [0.2, 0.25) is 0 Å². The van der Waals surface area contributed by atoms with Crippen molar-refractivity contribution in [3.63, 3.8) is 0 Å². The first-order chi connectivity index (χ1) is 7.24. The maximum absolute atomic E-state index is 4.45. The first-order valence-electron chi connectivity index (χ1n) is 5.25. The first kappa shape index (κ1) is 13.2. The van der Waals surface area contributed by atoms with Crippen molar-refractivity contribution in [1.82, 2.24) is 9.97 Å². The van der Waals surface area contributed by atoms with Gasteiger partial charge in [0.05, 0.1) is 5.39 Å². The van der Waals surface area contributed by atoms with Crippen LogP contribution in [-0.4, -0.2) is 16.5 Å². The zero-order valence-corrected chi connectivity index (χ0v) is 11.2. The number of rotatable bonds is 3. The van der Waals surface area contributed by atoms with E-state index in [4.69, 9.17) is 0 Å². The second kappa shape index (κ2) is 5.46. The van der Waals surface area contributed by atoms with Gasteiger partial charge in [-0.3, -0.25) is 0 Å². The van der Waals surface area contributed by atoms with Gasteiger partial charge in [0.2, 0.25) is 0 Å². The summed E-state index contributed by atoms with van der Waals surface area (Å²) < 4.78 is 0. The molecule has 0 saturated carbocycles. The van der Waals surface area contributed by atoms with Gasteiger partial charge in [0.15, 0.2) is 0 Å². The minimum Gasteiger partial charge on any atom is -1.00 e. The fourth-order valence-corrected chi connectivity index (χ4v) is 2.57. The quantitative estimate of drug-likeness (QED) is 0.840. The second-order valence-electron chi connectivity index (χ2n) is 3.43. The number of hydrogen-bond donors (Lipinski definition) is 1. The van der Waals surface area contributed by atoms with Crippen LogP contribution in [0.5, 0.6) is 0 Å². The Morgan fingerprint density at radius 3 is 2.69 bits per heavy atom. The highest BCUT2D eigenvalue weighted by Crippen LogP contribution is 2.28. The number of anilines is 1. The van der Waals surface area contributed by atoms with E-state index >= 15 is 0 Å². The fourth-order valence-electron chi connectivity index (χ4n) is 1.55. The Kier molecular flexibility index (Phi) is 4.50. The molecule has 0 radical (unpaired) electrons. The maximum Gasteiger partial charge on any atom is 0.138 e. The fraction of sp³-hybridized carbons (Fsp3) is 0.455. The van der Waals surface area contributed by atoms with Crippen LogP contribution in [0, 0.1) is 6.92 Å². The van der Waals surface area contributed by atoms with Gasteiger partial charge in [-0.1, -0.05) is 6.92 Å². The molecule has 2 aromatic rings. The monoisotopic (exact) mass is 256 g/mol.